The van der Waals surface area contributed by atoms with Crippen LogP contribution in [-0.2, 0) is 9.53 Å². The highest BCUT2D eigenvalue weighted by atomic mass is 16.5. The molecule has 0 N–H and O–H groups in total. The van der Waals surface area contributed by atoms with Crippen LogP contribution in [0.3, 0.4) is 0 Å². The number of unbranched alkanes of at least 4 members (excludes halogenated alkanes) is 1. The molecule has 2 heteroatoms. The van der Waals surface area contributed by atoms with Crippen molar-refractivity contribution in [2.45, 2.75) is 39.5 Å². The molecule has 0 aliphatic carbocycles. The lowest BCUT2D eigenvalue weighted by Gasteiger charge is -2.04. The van der Waals surface area contributed by atoms with Crippen LogP contribution in [0.5, 0.6) is 0 Å². The maximum Gasteiger partial charge on any atom is 0.142 e. The molecule has 0 aromatic heterocycles. The van der Waals surface area contributed by atoms with Crippen molar-refractivity contribution in [3.8, 4) is 0 Å². The van der Waals surface area contributed by atoms with E-state index in [4.69, 9.17) is 4.74 Å². The average Bonchev–Trinajstić information content (AvgIpc) is 2.44. The zero-order chi connectivity index (χ0) is 14.5. The molecule has 0 aliphatic heterocycles. The highest BCUT2D eigenvalue weighted by Gasteiger charge is 1.96. The number of aldehydes is 1. The van der Waals surface area contributed by atoms with Crippen molar-refractivity contribution in [2.24, 2.45) is 0 Å². The maximum atomic E-state index is 10.1. The summed E-state index contributed by atoms with van der Waals surface area (Å²) in [5, 5.41) is 0. The van der Waals surface area contributed by atoms with E-state index in [1.807, 2.05) is 12.1 Å². The van der Waals surface area contributed by atoms with Gasteiger partial charge in [-0.15, -0.1) is 0 Å². The Morgan fingerprint density at radius 3 is 2.21 bits per heavy atom. The van der Waals surface area contributed by atoms with Crippen molar-refractivity contribution in [1.82, 2.24) is 0 Å². The van der Waals surface area contributed by atoms with E-state index in [1.165, 1.54) is 24.5 Å². The van der Waals surface area contributed by atoms with Gasteiger partial charge in [0.15, 0.2) is 0 Å². The summed E-state index contributed by atoms with van der Waals surface area (Å²) in [6.45, 7) is 7.39. The first-order chi connectivity index (χ1) is 9.15. The van der Waals surface area contributed by atoms with Gasteiger partial charge in [-0.3, -0.25) is 4.79 Å². The van der Waals surface area contributed by atoms with Crippen molar-refractivity contribution < 1.29 is 9.53 Å². The van der Waals surface area contributed by atoms with Gasteiger partial charge in [-0.1, -0.05) is 57.5 Å². The van der Waals surface area contributed by atoms with Gasteiger partial charge in [-0.2, -0.15) is 0 Å². The highest BCUT2D eigenvalue weighted by Crippen LogP contribution is 2.14. The van der Waals surface area contributed by atoms with Gasteiger partial charge in [0.25, 0.3) is 0 Å². The standard InChI is InChI=1S/C12H14O.C5H12O/c1-10(2)12-7-5-11(6-8-12)4-3-9-13;1-3-4-5-6-2/h3-10H,1-2H3;3-5H2,1-2H3/b4-3+;. The summed E-state index contributed by atoms with van der Waals surface area (Å²) >= 11 is 0. The van der Waals surface area contributed by atoms with Gasteiger partial charge in [-0.05, 0) is 29.5 Å². The molecular formula is C17H26O2. The first-order valence-electron chi connectivity index (χ1n) is 6.86. The summed E-state index contributed by atoms with van der Waals surface area (Å²) in [6, 6.07) is 8.23. The second-order valence-corrected chi connectivity index (χ2v) is 4.66. The number of benzene rings is 1. The Balaban J connectivity index is 0.000000459. The molecule has 0 atom stereocenters. The Hall–Kier alpha value is -1.41. The second-order valence-electron chi connectivity index (χ2n) is 4.66. The summed E-state index contributed by atoms with van der Waals surface area (Å²) in [5.74, 6) is 0.559. The minimum absolute atomic E-state index is 0.559. The van der Waals surface area contributed by atoms with E-state index in [2.05, 4.69) is 32.9 Å². The Morgan fingerprint density at radius 2 is 1.84 bits per heavy atom. The third-order valence-corrected chi connectivity index (χ3v) is 2.67. The molecule has 1 aromatic carbocycles. The van der Waals surface area contributed by atoms with Gasteiger partial charge in [-0.25, -0.2) is 0 Å². The second kappa shape index (κ2) is 11.7. The van der Waals surface area contributed by atoms with Gasteiger partial charge in [0, 0.05) is 13.7 Å². The number of carbonyl (C=O) groups is 1. The molecule has 19 heavy (non-hydrogen) atoms. The fraction of sp³-hybridized carbons (Fsp3) is 0.471. The van der Waals surface area contributed by atoms with Crippen LogP contribution in [0.4, 0.5) is 0 Å². The Morgan fingerprint density at radius 1 is 1.21 bits per heavy atom. The average molecular weight is 262 g/mol. The minimum Gasteiger partial charge on any atom is -0.385 e. The van der Waals surface area contributed by atoms with Crippen LogP contribution in [0.1, 0.15) is 50.7 Å². The smallest absolute Gasteiger partial charge is 0.142 e. The van der Waals surface area contributed by atoms with Gasteiger partial charge in [0.05, 0.1) is 0 Å². The van der Waals surface area contributed by atoms with E-state index in [9.17, 15) is 4.79 Å². The number of ether oxygens (including phenoxy) is 1. The van der Waals surface area contributed by atoms with Crippen molar-refractivity contribution >= 4 is 12.4 Å². The van der Waals surface area contributed by atoms with Gasteiger partial charge >= 0.3 is 0 Å². The number of allylic oxidation sites excluding steroid dienone is 1. The van der Waals surface area contributed by atoms with Gasteiger partial charge in [0.1, 0.15) is 6.29 Å². The van der Waals surface area contributed by atoms with Crippen LogP contribution in [0, 0.1) is 0 Å². The van der Waals surface area contributed by atoms with E-state index in [1.54, 1.807) is 13.2 Å². The third kappa shape index (κ3) is 9.20. The number of rotatable bonds is 6. The molecule has 0 fully saturated rings. The lowest BCUT2D eigenvalue weighted by Crippen LogP contribution is -1.85. The third-order valence-electron chi connectivity index (χ3n) is 2.67. The van der Waals surface area contributed by atoms with Crippen molar-refractivity contribution in [3.05, 3.63) is 41.5 Å². The molecule has 106 valence electrons. The van der Waals surface area contributed by atoms with E-state index in [0.717, 1.165) is 18.5 Å². The molecule has 0 radical (unpaired) electrons. The quantitative estimate of drug-likeness (QED) is 0.430. The number of hydrogen-bond donors (Lipinski definition) is 0. The lowest BCUT2D eigenvalue weighted by atomic mass is 10.0. The summed E-state index contributed by atoms with van der Waals surface area (Å²) in [7, 11) is 1.73. The van der Waals surface area contributed by atoms with E-state index in [-0.39, 0.29) is 0 Å². The summed E-state index contributed by atoms with van der Waals surface area (Å²) in [4.78, 5) is 10.1. The fourth-order valence-corrected chi connectivity index (χ4v) is 1.43. The fourth-order valence-electron chi connectivity index (χ4n) is 1.43. The van der Waals surface area contributed by atoms with Crippen LogP contribution in [0.2, 0.25) is 0 Å². The lowest BCUT2D eigenvalue weighted by molar-refractivity contribution is -0.104. The topological polar surface area (TPSA) is 26.3 Å². The Labute approximate surface area is 117 Å². The number of carbonyl (C=O) groups excluding carboxylic acids is 1. The predicted octanol–water partition coefficient (Wildman–Crippen LogP) is 4.46. The van der Waals surface area contributed by atoms with E-state index < -0.39 is 0 Å². The molecule has 0 amide bonds. The van der Waals surface area contributed by atoms with Crippen LogP contribution in [0.25, 0.3) is 6.08 Å². The zero-order valence-corrected chi connectivity index (χ0v) is 12.6. The maximum absolute atomic E-state index is 10.1. The first kappa shape index (κ1) is 17.6. The molecule has 0 heterocycles. The number of methoxy groups -OCH3 is 1. The van der Waals surface area contributed by atoms with Gasteiger partial charge < -0.3 is 4.74 Å². The number of hydrogen-bond acceptors (Lipinski definition) is 2. The predicted molar refractivity (Wildman–Crippen MR) is 82.4 cm³/mol. The molecule has 0 unspecified atom stereocenters. The normalized spacial score (nSPS) is 10.4. The molecule has 1 aromatic rings. The molecule has 0 saturated heterocycles. The van der Waals surface area contributed by atoms with E-state index >= 15 is 0 Å². The summed E-state index contributed by atoms with van der Waals surface area (Å²) in [5.41, 5.74) is 2.39. The molecule has 2 nitrogen and oxygen atoms in total. The molecule has 1 rings (SSSR count). The van der Waals surface area contributed by atoms with Crippen LogP contribution in [-0.4, -0.2) is 20.0 Å². The summed E-state index contributed by atoms with van der Waals surface area (Å²) < 4.78 is 4.78. The van der Waals surface area contributed by atoms with Crippen LogP contribution < -0.4 is 0 Å². The molecule has 0 aliphatic rings. The Bertz CT molecular complexity index is 346. The van der Waals surface area contributed by atoms with Crippen molar-refractivity contribution in [1.29, 1.82) is 0 Å². The van der Waals surface area contributed by atoms with Gasteiger partial charge in [0.2, 0.25) is 0 Å². The van der Waals surface area contributed by atoms with Crippen LogP contribution in [0.15, 0.2) is 30.3 Å². The minimum atomic E-state index is 0.559. The van der Waals surface area contributed by atoms with Crippen molar-refractivity contribution in [3.63, 3.8) is 0 Å². The Kier molecular flexibility index (Phi) is 10.8. The monoisotopic (exact) mass is 262 g/mol. The molecule has 0 bridgehead atoms. The van der Waals surface area contributed by atoms with Crippen LogP contribution >= 0.6 is 0 Å². The summed E-state index contributed by atoms with van der Waals surface area (Å²) in [6.07, 6.45) is 6.52. The first-order valence-corrected chi connectivity index (χ1v) is 6.86. The molecule has 0 saturated carbocycles. The largest absolute Gasteiger partial charge is 0.385 e. The highest BCUT2D eigenvalue weighted by molar-refractivity contribution is 5.73. The van der Waals surface area contributed by atoms with Crippen molar-refractivity contribution in [2.75, 3.05) is 13.7 Å². The molecule has 0 spiro atoms. The zero-order valence-electron chi connectivity index (χ0n) is 12.6. The SMILES string of the molecule is CC(C)c1ccc(/C=C/C=O)cc1.CCCCOC. The molecular weight excluding hydrogens is 236 g/mol. The van der Waals surface area contributed by atoms with E-state index in [0.29, 0.717) is 5.92 Å².